The Kier molecular flexibility index (Phi) is 11.0. The predicted molar refractivity (Wildman–Crippen MR) is 128 cm³/mol. The van der Waals surface area contributed by atoms with Crippen LogP contribution in [0.4, 0.5) is 0 Å². The molecule has 0 fully saturated rings. The number of ether oxygens (including phenoxy) is 1. The fourth-order valence-electron chi connectivity index (χ4n) is 2.43. The summed E-state index contributed by atoms with van der Waals surface area (Å²) in [5.74, 6) is 0.429. The molecule has 0 radical (unpaired) electrons. The molecule has 2 heterocycles. The lowest BCUT2D eigenvalue weighted by Gasteiger charge is -2.15. The van der Waals surface area contributed by atoms with E-state index in [4.69, 9.17) is 4.74 Å². The van der Waals surface area contributed by atoms with Gasteiger partial charge in [-0.05, 0) is 46.2 Å². The molecule has 2 N–H and O–H groups in total. The van der Waals surface area contributed by atoms with Crippen molar-refractivity contribution in [3.05, 3.63) is 37.5 Å². The summed E-state index contributed by atoms with van der Waals surface area (Å²) < 4.78 is 5.10. The summed E-state index contributed by atoms with van der Waals surface area (Å²) >= 11 is 3.16. The minimum atomic E-state index is -0.309. The Morgan fingerprint density at radius 1 is 1.25 bits per heavy atom. The lowest BCUT2D eigenvalue weighted by molar-refractivity contribution is 0.0531. The molecular weight excluding hydrogens is 507 g/mol. The second-order valence-corrected chi connectivity index (χ2v) is 8.25. The molecule has 156 valence electrons. The van der Waals surface area contributed by atoms with Gasteiger partial charge in [0.05, 0.1) is 24.9 Å². The number of esters is 1. The molecule has 6 nitrogen and oxygen atoms in total. The van der Waals surface area contributed by atoms with Crippen LogP contribution >= 0.6 is 46.7 Å². The number of aliphatic imine (C=N–C) groups is 1. The lowest BCUT2D eigenvalue weighted by atomic mass is 10.3. The molecule has 2 aromatic rings. The van der Waals surface area contributed by atoms with Gasteiger partial charge in [-0.3, -0.25) is 0 Å². The number of carbonyl (C=O) groups is 1. The number of rotatable bonds is 8. The Hall–Kier alpha value is -1.20. The molecule has 0 saturated carbocycles. The summed E-state index contributed by atoms with van der Waals surface area (Å²) in [7, 11) is 0. The van der Waals surface area contributed by atoms with Crippen molar-refractivity contribution in [2.24, 2.45) is 4.99 Å². The first-order chi connectivity index (χ1) is 13.0. The van der Waals surface area contributed by atoms with Crippen LogP contribution in [-0.2, 0) is 17.7 Å². The summed E-state index contributed by atoms with van der Waals surface area (Å²) in [6.07, 6.45) is 1.05. The van der Waals surface area contributed by atoms with Gasteiger partial charge in [0.15, 0.2) is 5.96 Å². The van der Waals surface area contributed by atoms with E-state index < -0.39 is 0 Å². The number of nitrogens with zero attached hydrogens (tertiary/aromatic N) is 2. The Balaban J connectivity index is 0.00000392. The quantitative estimate of drug-likeness (QED) is 0.222. The van der Waals surface area contributed by atoms with Crippen LogP contribution in [0.1, 0.15) is 63.9 Å². The zero-order valence-corrected chi connectivity index (χ0v) is 21.0. The van der Waals surface area contributed by atoms with Gasteiger partial charge in [0, 0.05) is 16.3 Å². The van der Waals surface area contributed by atoms with Gasteiger partial charge in [-0.15, -0.1) is 46.7 Å². The molecule has 0 saturated heterocycles. The van der Waals surface area contributed by atoms with E-state index in [1.54, 1.807) is 18.3 Å². The van der Waals surface area contributed by atoms with Crippen molar-refractivity contribution in [1.82, 2.24) is 15.6 Å². The highest BCUT2D eigenvalue weighted by Crippen LogP contribution is 2.24. The molecule has 0 aliphatic heterocycles. The third kappa shape index (κ3) is 7.00. The van der Waals surface area contributed by atoms with E-state index >= 15 is 0 Å². The van der Waals surface area contributed by atoms with Crippen molar-refractivity contribution in [3.63, 3.8) is 0 Å². The van der Waals surface area contributed by atoms with Crippen molar-refractivity contribution < 1.29 is 9.53 Å². The van der Waals surface area contributed by atoms with Gasteiger partial charge in [0.1, 0.15) is 9.88 Å². The van der Waals surface area contributed by atoms with Gasteiger partial charge in [-0.25, -0.2) is 14.8 Å². The summed E-state index contributed by atoms with van der Waals surface area (Å²) in [6.45, 7) is 11.6. The number of hydrogen-bond acceptors (Lipinski definition) is 6. The minimum absolute atomic E-state index is 0. The Bertz CT molecular complexity index is 789. The van der Waals surface area contributed by atoms with Gasteiger partial charge in [-0.2, -0.15) is 0 Å². The van der Waals surface area contributed by atoms with Crippen molar-refractivity contribution in [2.45, 2.75) is 53.6 Å². The Labute approximate surface area is 192 Å². The van der Waals surface area contributed by atoms with Crippen LogP contribution in [-0.4, -0.2) is 30.1 Å². The average molecular weight is 537 g/mol. The molecule has 0 aliphatic carbocycles. The summed E-state index contributed by atoms with van der Waals surface area (Å²) in [5.41, 5.74) is 0.703. The zero-order valence-electron chi connectivity index (χ0n) is 17.0. The standard InChI is InChI=1S/C19H28N4O2S2.HI/c1-6-14-9-10-15(26-14)11-21-19(20-7-2)23-13(5)17-22-12(4)16(27-17)18(24)25-8-3;/h9-10,13H,6-8,11H2,1-5H3,(H2,20,21,23);1H. The molecule has 0 aliphatic rings. The SMILES string of the molecule is CCNC(=NCc1ccc(CC)s1)NC(C)c1nc(C)c(C(=O)OCC)s1.I. The van der Waals surface area contributed by atoms with E-state index in [-0.39, 0.29) is 36.0 Å². The number of aromatic nitrogens is 1. The first kappa shape index (κ1) is 24.8. The highest BCUT2D eigenvalue weighted by molar-refractivity contribution is 14.0. The number of hydrogen-bond donors (Lipinski definition) is 2. The number of thiazole rings is 1. The van der Waals surface area contributed by atoms with Crippen molar-refractivity contribution in [2.75, 3.05) is 13.2 Å². The van der Waals surface area contributed by atoms with Crippen LogP contribution in [0.3, 0.4) is 0 Å². The molecule has 2 aromatic heterocycles. The molecule has 28 heavy (non-hydrogen) atoms. The van der Waals surface area contributed by atoms with E-state index in [1.165, 1.54) is 21.1 Å². The second kappa shape index (κ2) is 12.4. The van der Waals surface area contributed by atoms with Crippen molar-refractivity contribution >= 4 is 58.6 Å². The van der Waals surface area contributed by atoms with Gasteiger partial charge in [0.25, 0.3) is 0 Å². The maximum absolute atomic E-state index is 12.0. The van der Waals surface area contributed by atoms with E-state index in [1.807, 2.05) is 20.8 Å². The molecular formula is C19H29IN4O2S2. The number of thiophene rings is 1. The number of carbonyl (C=O) groups excluding carboxylic acids is 1. The normalized spacial score (nSPS) is 12.2. The lowest BCUT2D eigenvalue weighted by Crippen LogP contribution is -2.38. The average Bonchev–Trinajstić information content (AvgIpc) is 3.26. The minimum Gasteiger partial charge on any atom is -0.462 e. The van der Waals surface area contributed by atoms with E-state index in [2.05, 4.69) is 39.7 Å². The largest absolute Gasteiger partial charge is 0.462 e. The maximum atomic E-state index is 12.0. The number of aryl methyl sites for hydroxylation is 2. The Morgan fingerprint density at radius 3 is 2.57 bits per heavy atom. The summed E-state index contributed by atoms with van der Waals surface area (Å²) in [5, 5.41) is 7.48. The first-order valence-corrected chi connectivity index (χ1v) is 10.9. The molecule has 1 atom stereocenters. The fraction of sp³-hybridized carbons (Fsp3) is 0.526. The van der Waals surface area contributed by atoms with Gasteiger partial charge >= 0.3 is 5.97 Å². The van der Waals surface area contributed by atoms with Crippen LogP contribution < -0.4 is 10.6 Å². The van der Waals surface area contributed by atoms with Crippen LogP contribution in [0.25, 0.3) is 0 Å². The van der Waals surface area contributed by atoms with E-state index in [0.717, 1.165) is 23.9 Å². The zero-order chi connectivity index (χ0) is 19.8. The van der Waals surface area contributed by atoms with E-state index in [9.17, 15) is 4.79 Å². The second-order valence-electron chi connectivity index (χ2n) is 5.97. The molecule has 0 amide bonds. The van der Waals surface area contributed by atoms with Crippen LogP contribution in [0.15, 0.2) is 17.1 Å². The van der Waals surface area contributed by atoms with Gasteiger partial charge < -0.3 is 15.4 Å². The molecule has 0 spiro atoms. The topological polar surface area (TPSA) is 75.6 Å². The smallest absolute Gasteiger partial charge is 0.350 e. The maximum Gasteiger partial charge on any atom is 0.350 e. The van der Waals surface area contributed by atoms with Crippen LogP contribution in [0.2, 0.25) is 0 Å². The Morgan fingerprint density at radius 2 is 1.96 bits per heavy atom. The molecule has 1 unspecified atom stereocenters. The molecule has 9 heteroatoms. The van der Waals surface area contributed by atoms with Crippen molar-refractivity contribution in [1.29, 1.82) is 0 Å². The summed E-state index contributed by atoms with van der Waals surface area (Å²) in [4.78, 5) is 24.4. The molecule has 0 aromatic carbocycles. The van der Waals surface area contributed by atoms with E-state index in [0.29, 0.717) is 23.7 Å². The molecule has 0 bridgehead atoms. The third-order valence-electron chi connectivity index (χ3n) is 3.80. The fourth-order valence-corrected chi connectivity index (χ4v) is 4.28. The first-order valence-electron chi connectivity index (χ1n) is 9.25. The van der Waals surface area contributed by atoms with Gasteiger partial charge in [-0.1, -0.05) is 6.92 Å². The highest BCUT2D eigenvalue weighted by Gasteiger charge is 2.20. The molecule has 2 rings (SSSR count). The highest BCUT2D eigenvalue weighted by atomic mass is 127. The van der Waals surface area contributed by atoms with Crippen molar-refractivity contribution in [3.8, 4) is 0 Å². The third-order valence-corrected chi connectivity index (χ3v) is 6.34. The summed E-state index contributed by atoms with van der Waals surface area (Å²) in [6, 6.07) is 4.23. The number of guanidine groups is 1. The predicted octanol–water partition coefficient (Wildman–Crippen LogP) is 4.69. The van der Waals surface area contributed by atoms with Crippen LogP contribution in [0.5, 0.6) is 0 Å². The number of nitrogens with one attached hydrogen (secondary N) is 2. The number of halogens is 1. The van der Waals surface area contributed by atoms with Gasteiger partial charge in [0.2, 0.25) is 0 Å². The van der Waals surface area contributed by atoms with Crippen LogP contribution in [0, 0.1) is 6.92 Å². The monoisotopic (exact) mass is 536 g/mol.